The molecule has 0 saturated carbocycles. The number of hydrogen-bond donors (Lipinski definition) is 1. The first kappa shape index (κ1) is 20.6. The van der Waals surface area contributed by atoms with E-state index in [0.29, 0.717) is 11.5 Å². The number of imidazole rings is 1. The molecule has 0 fully saturated rings. The van der Waals surface area contributed by atoms with Crippen molar-refractivity contribution in [2.75, 3.05) is 7.11 Å². The quantitative estimate of drug-likeness (QED) is 0.501. The third-order valence-electron chi connectivity index (χ3n) is 5.81. The number of hydrogen-bond acceptors (Lipinski definition) is 5. The molecule has 31 heavy (non-hydrogen) atoms. The Bertz CT molecular complexity index is 1420. The van der Waals surface area contributed by atoms with Crippen LogP contribution in [0.5, 0.6) is 5.75 Å². The van der Waals surface area contributed by atoms with E-state index in [0.717, 1.165) is 38.6 Å². The molecule has 1 aromatic carbocycles. The van der Waals surface area contributed by atoms with Crippen LogP contribution < -0.4 is 10.4 Å². The van der Waals surface area contributed by atoms with Crippen LogP contribution in [0.15, 0.2) is 41.6 Å². The summed E-state index contributed by atoms with van der Waals surface area (Å²) in [7, 11) is 5.24. The highest BCUT2D eigenvalue weighted by atomic mass is 16.5. The number of nitrogens with zero attached hydrogens (tertiary/aromatic N) is 5. The standard InChI is InChI=1S/C23H26N6O2/c1-7-16(13(2)24)17-8-19-18(9-21(17)31-6)22-20(11-25-19)29(23(30)28(22)5)14(3)15-10-26-27(4)12-15/h7-12,14,24H,1-6H3/b16-7-,24-13?. The summed E-state index contributed by atoms with van der Waals surface area (Å²) in [5, 5.41) is 13.2. The van der Waals surface area contributed by atoms with Gasteiger partial charge in [0, 0.05) is 48.1 Å². The van der Waals surface area contributed by atoms with Crippen LogP contribution in [0.2, 0.25) is 0 Å². The number of benzene rings is 1. The minimum atomic E-state index is -0.194. The van der Waals surface area contributed by atoms with Gasteiger partial charge in [0.15, 0.2) is 0 Å². The molecule has 0 aliphatic heterocycles. The van der Waals surface area contributed by atoms with Gasteiger partial charge in [-0.25, -0.2) is 4.79 Å². The van der Waals surface area contributed by atoms with Gasteiger partial charge >= 0.3 is 5.69 Å². The predicted molar refractivity (Wildman–Crippen MR) is 123 cm³/mol. The highest BCUT2D eigenvalue weighted by molar-refractivity contribution is 6.22. The van der Waals surface area contributed by atoms with Crippen molar-refractivity contribution < 1.29 is 4.74 Å². The first-order valence-electron chi connectivity index (χ1n) is 10.1. The van der Waals surface area contributed by atoms with Crippen molar-refractivity contribution in [2.45, 2.75) is 26.8 Å². The first-order valence-corrected chi connectivity index (χ1v) is 10.1. The van der Waals surface area contributed by atoms with Crippen molar-refractivity contribution in [1.82, 2.24) is 23.9 Å². The number of ether oxygens (including phenoxy) is 1. The van der Waals surface area contributed by atoms with E-state index in [1.807, 2.05) is 45.3 Å². The normalized spacial score (nSPS) is 13.2. The molecule has 4 aromatic rings. The van der Waals surface area contributed by atoms with Crippen LogP contribution in [0.4, 0.5) is 0 Å². The minimum absolute atomic E-state index is 0.117. The van der Waals surface area contributed by atoms with Crippen molar-refractivity contribution >= 4 is 33.2 Å². The Morgan fingerprint density at radius 2 is 2.00 bits per heavy atom. The fraction of sp³-hybridized carbons (Fsp3) is 0.304. The minimum Gasteiger partial charge on any atom is -0.496 e. The van der Waals surface area contributed by atoms with Gasteiger partial charge in [-0.15, -0.1) is 0 Å². The van der Waals surface area contributed by atoms with Crippen LogP contribution in [0, 0.1) is 5.41 Å². The number of aryl methyl sites for hydroxylation is 2. The molecule has 8 nitrogen and oxygen atoms in total. The topological polar surface area (TPSA) is 90.7 Å². The van der Waals surface area contributed by atoms with Gasteiger partial charge in [0.1, 0.15) is 5.75 Å². The van der Waals surface area contributed by atoms with Crippen LogP contribution >= 0.6 is 0 Å². The number of pyridine rings is 1. The molecule has 8 heteroatoms. The van der Waals surface area contributed by atoms with E-state index < -0.39 is 0 Å². The van der Waals surface area contributed by atoms with E-state index in [1.165, 1.54) is 0 Å². The second-order valence-corrected chi connectivity index (χ2v) is 7.72. The Morgan fingerprint density at radius 3 is 2.58 bits per heavy atom. The van der Waals surface area contributed by atoms with Gasteiger partial charge < -0.3 is 10.1 Å². The van der Waals surface area contributed by atoms with Gasteiger partial charge in [0.2, 0.25) is 0 Å². The lowest BCUT2D eigenvalue weighted by atomic mass is 9.98. The van der Waals surface area contributed by atoms with Crippen molar-refractivity contribution in [1.29, 1.82) is 5.41 Å². The molecule has 0 spiro atoms. The van der Waals surface area contributed by atoms with E-state index in [1.54, 1.807) is 47.3 Å². The summed E-state index contributed by atoms with van der Waals surface area (Å²) in [6.45, 7) is 5.63. The lowest BCUT2D eigenvalue weighted by Crippen LogP contribution is -2.25. The van der Waals surface area contributed by atoms with Crippen molar-refractivity contribution in [2.24, 2.45) is 14.1 Å². The zero-order valence-corrected chi connectivity index (χ0v) is 18.6. The summed E-state index contributed by atoms with van der Waals surface area (Å²) in [5.41, 5.74) is 5.17. The van der Waals surface area contributed by atoms with Crippen LogP contribution in [-0.2, 0) is 14.1 Å². The van der Waals surface area contributed by atoms with E-state index in [9.17, 15) is 4.79 Å². The van der Waals surface area contributed by atoms with E-state index in [2.05, 4.69) is 10.1 Å². The van der Waals surface area contributed by atoms with Crippen molar-refractivity contribution in [3.63, 3.8) is 0 Å². The molecule has 1 N–H and O–H groups in total. The fourth-order valence-electron chi connectivity index (χ4n) is 4.22. The third kappa shape index (κ3) is 3.15. The lowest BCUT2D eigenvalue weighted by molar-refractivity contribution is 0.414. The Kier molecular flexibility index (Phi) is 5.00. The maximum Gasteiger partial charge on any atom is 0.329 e. The average Bonchev–Trinajstić information content (AvgIpc) is 3.29. The molecule has 0 aliphatic rings. The maximum absolute atomic E-state index is 13.2. The SMILES string of the molecule is C/C=C(/C(C)=N)c1cc2ncc3c(c2cc1OC)n(C)c(=O)n3C(C)c1cnn(C)c1. The lowest BCUT2D eigenvalue weighted by Gasteiger charge is -2.14. The summed E-state index contributed by atoms with van der Waals surface area (Å²) in [4.78, 5) is 17.9. The molecule has 3 aromatic heterocycles. The van der Waals surface area contributed by atoms with Crippen molar-refractivity contribution in [3.05, 3.63) is 58.4 Å². The van der Waals surface area contributed by atoms with Gasteiger partial charge in [-0.2, -0.15) is 5.10 Å². The Morgan fingerprint density at radius 1 is 1.26 bits per heavy atom. The number of fused-ring (bicyclic) bond motifs is 3. The largest absolute Gasteiger partial charge is 0.496 e. The summed E-state index contributed by atoms with van der Waals surface area (Å²) in [6.07, 6.45) is 7.33. The Labute approximate surface area is 179 Å². The van der Waals surface area contributed by atoms with Gasteiger partial charge in [-0.05, 0) is 32.9 Å². The second kappa shape index (κ2) is 7.54. The van der Waals surface area contributed by atoms with Crippen LogP contribution in [-0.4, -0.2) is 36.7 Å². The monoisotopic (exact) mass is 418 g/mol. The summed E-state index contributed by atoms with van der Waals surface area (Å²) in [6, 6.07) is 3.64. The summed E-state index contributed by atoms with van der Waals surface area (Å²) >= 11 is 0. The number of nitrogens with one attached hydrogen (secondary N) is 1. The average molecular weight is 419 g/mol. The van der Waals surface area contributed by atoms with E-state index in [4.69, 9.17) is 10.1 Å². The molecule has 160 valence electrons. The van der Waals surface area contributed by atoms with Crippen LogP contribution in [0.3, 0.4) is 0 Å². The molecular weight excluding hydrogens is 392 g/mol. The van der Waals surface area contributed by atoms with Gasteiger partial charge in [-0.1, -0.05) is 6.08 Å². The van der Waals surface area contributed by atoms with E-state index >= 15 is 0 Å². The molecule has 4 rings (SSSR count). The summed E-state index contributed by atoms with van der Waals surface area (Å²) in [5.74, 6) is 0.641. The molecule has 0 saturated heterocycles. The molecule has 0 aliphatic carbocycles. The highest BCUT2D eigenvalue weighted by Crippen LogP contribution is 2.34. The zero-order chi connectivity index (χ0) is 22.4. The Balaban J connectivity index is 2.03. The maximum atomic E-state index is 13.2. The molecule has 3 heterocycles. The molecule has 0 amide bonds. The molecule has 0 bridgehead atoms. The smallest absolute Gasteiger partial charge is 0.329 e. The highest BCUT2D eigenvalue weighted by Gasteiger charge is 2.22. The van der Waals surface area contributed by atoms with Gasteiger partial charge in [-0.3, -0.25) is 18.8 Å². The van der Waals surface area contributed by atoms with E-state index in [-0.39, 0.29) is 11.7 Å². The number of aromatic nitrogens is 5. The van der Waals surface area contributed by atoms with Gasteiger partial charge in [0.05, 0.1) is 42.1 Å². The van der Waals surface area contributed by atoms with Gasteiger partial charge in [0.25, 0.3) is 0 Å². The fourth-order valence-corrected chi connectivity index (χ4v) is 4.22. The zero-order valence-electron chi connectivity index (χ0n) is 18.6. The Hall–Kier alpha value is -3.68. The number of allylic oxidation sites excluding steroid dienone is 2. The second-order valence-electron chi connectivity index (χ2n) is 7.72. The number of methoxy groups -OCH3 is 1. The first-order chi connectivity index (χ1) is 14.8. The third-order valence-corrected chi connectivity index (χ3v) is 5.81. The predicted octanol–water partition coefficient (Wildman–Crippen LogP) is 3.68. The molecule has 1 unspecified atom stereocenters. The molecular formula is C23H26N6O2. The van der Waals surface area contributed by atoms with Crippen molar-refractivity contribution in [3.8, 4) is 5.75 Å². The number of rotatable bonds is 5. The molecule has 0 radical (unpaired) electrons. The van der Waals surface area contributed by atoms with Crippen LogP contribution in [0.25, 0.3) is 27.5 Å². The summed E-state index contributed by atoms with van der Waals surface area (Å²) < 4.78 is 10.8. The molecule has 1 atom stereocenters. The van der Waals surface area contributed by atoms with Crippen LogP contribution in [0.1, 0.15) is 37.9 Å².